The lowest BCUT2D eigenvalue weighted by Gasteiger charge is -2.08. The first-order chi connectivity index (χ1) is 28.3. The SMILES string of the molecule is c1ccc(-n2c3ccccc3c3oc4cc(-c5ccc6c(c5)oc5cc(-c7cccc8c7oc7c9ccccc9n(-c9ccccc9)c87)ccc56)ccc4c32)cc1. The van der Waals surface area contributed by atoms with Gasteiger partial charge in [-0.3, -0.25) is 0 Å². The maximum absolute atomic E-state index is 6.82. The second-order valence-electron chi connectivity index (χ2n) is 14.9. The quantitative estimate of drug-likeness (QED) is 0.181. The minimum absolute atomic E-state index is 0.838. The van der Waals surface area contributed by atoms with Crippen molar-refractivity contribution in [3.05, 3.63) is 182 Å². The summed E-state index contributed by atoms with van der Waals surface area (Å²) in [5, 5.41) is 6.52. The molecule has 0 fully saturated rings. The van der Waals surface area contributed by atoms with Crippen molar-refractivity contribution in [1.29, 1.82) is 0 Å². The van der Waals surface area contributed by atoms with Crippen LogP contribution in [0.4, 0.5) is 0 Å². The van der Waals surface area contributed by atoms with Crippen molar-refractivity contribution in [2.75, 3.05) is 0 Å². The van der Waals surface area contributed by atoms with E-state index in [1.807, 2.05) is 0 Å². The highest BCUT2D eigenvalue weighted by atomic mass is 16.3. The third kappa shape index (κ3) is 4.28. The molecule has 5 aromatic heterocycles. The smallest absolute Gasteiger partial charge is 0.161 e. The van der Waals surface area contributed by atoms with Crippen molar-refractivity contribution in [3.8, 4) is 33.6 Å². The van der Waals surface area contributed by atoms with Crippen molar-refractivity contribution in [1.82, 2.24) is 9.13 Å². The zero-order valence-electron chi connectivity index (χ0n) is 30.4. The van der Waals surface area contributed by atoms with Crippen LogP contribution in [0.5, 0.6) is 0 Å². The summed E-state index contributed by atoms with van der Waals surface area (Å²) >= 11 is 0. The Morgan fingerprint density at radius 2 is 0.772 bits per heavy atom. The highest BCUT2D eigenvalue weighted by molar-refractivity contribution is 6.19. The average Bonchev–Trinajstić information content (AvgIpc) is 4.07. The first-order valence-corrected chi connectivity index (χ1v) is 19.3. The maximum atomic E-state index is 6.82. The predicted molar refractivity (Wildman–Crippen MR) is 233 cm³/mol. The molecule has 0 aliphatic carbocycles. The number of para-hydroxylation sites is 5. The Balaban J connectivity index is 0.925. The second-order valence-corrected chi connectivity index (χ2v) is 14.9. The van der Waals surface area contributed by atoms with E-state index in [0.717, 1.165) is 122 Å². The first-order valence-electron chi connectivity index (χ1n) is 19.3. The lowest BCUT2D eigenvalue weighted by Crippen LogP contribution is -1.92. The summed E-state index contributed by atoms with van der Waals surface area (Å²) < 4.78 is 24.7. The molecule has 0 bridgehead atoms. The van der Waals surface area contributed by atoms with Crippen LogP contribution in [-0.4, -0.2) is 9.13 Å². The van der Waals surface area contributed by atoms with Crippen LogP contribution in [0.2, 0.25) is 0 Å². The van der Waals surface area contributed by atoms with Gasteiger partial charge in [-0.05, 0) is 108 Å². The van der Waals surface area contributed by atoms with Crippen molar-refractivity contribution in [3.63, 3.8) is 0 Å². The zero-order chi connectivity index (χ0) is 37.2. The van der Waals surface area contributed by atoms with Gasteiger partial charge in [0.1, 0.15) is 33.4 Å². The van der Waals surface area contributed by atoms with Crippen LogP contribution in [0, 0.1) is 0 Å². The summed E-state index contributed by atoms with van der Waals surface area (Å²) in [4.78, 5) is 0. The molecule has 13 aromatic rings. The average molecular weight is 731 g/mol. The number of nitrogens with zero attached hydrogens (tertiary/aromatic N) is 2. The predicted octanol–water partition coefficient (Wildman–Crippen LogP) is 14.6. The fourth-order valence-electron chi connectivity index (χ4n) is 9.18. The summed E-state index contributed by atoms with van der Waals surface area (Å²) in [6, 6.07) is 63.9. The maximum Gasteiger partial charge on any atom is 0.161 e. The lowest BCUT2D eigenvalue weighted by molar-refractivity contribution is 0.668. The van der Waals surface area contributed by atoms with E-state index in [-0.39, 0.29) is 0 Å². The molecule has 0 spiro atoms. The Bertz CT molecular complexity index is 3740. The van der Waals surface area contributed by atoms with Gasteiger partial charge in [0.2, 0.25) is 0 Å². The van der Waals surface area contributed by atoms with E-state index >= 15 is 0 Å². The van der Waals surface area contributed by atoms with E-state index in [1.165, 1.54) is 0 Å². The van der Waals surface area contributed by atoms with Crippen molar-refractivity contribution in [2.24, 2.45) is 0 Å². The molecule has 0 aliphatic rings. The van der Waals surface area contributed by atoms with Gasteiger partial charge >= 0.3 is 0 Å². The van der Waals surface area contributed by atoms with Crippen molar-refractivity contribution >= 4 is 87.9 Å². The lowest BCUT2D eigenvalue weighted by atomic mass is 10.0. The summed E-state index contributed by atoms with van der Waals surface area (Å²) in [5.74, 6) is 0. The molecular formula is C52H30N2O3. The molecule has 8 aromatic carbocycles. The number of furan rings is 3. The van der Waals surface area contributed by atoms with Crippen LogP contribution in [0.25, 0.3) is 122 Å². The molecule has 5 nitrogen and oxygen atoms in total. The van der Waals surface area contributed by atoms with Gasteiger partial charge in [0.05, 0.1) is 11.0 Å². The Labute approximate surface area is 324 Å². The van der Waals surface area contributed by atoms with Gasteiger partial charge in [-0.25, -0.2) is 0 Å². The Morgan fingerprint density at radius 1 is 0.298 bits per heavy atom. The molecule has 5 heterocycles. The van der Waals surface area contributed by atoms with Gasteiger partial charge in [0.15, 0.2) is 11.2 Å². The van der Waals surface area contributed by atoms with E-state index in [2.05, 4.69) is 191 Å². The number of fused-ring (bicyclic) bond motifs is 13. The van der Waals surface area contributed by atoms with Gasteiger partial charge in [-0.15, -0.1) is 0 Å². The normalized spacial score (nSPS) is 12.2. The molecule has 0 atom stereocenters. The summed E-state index contributed by atoms with van der Waals surface area (Å²) in [7, 11) is 0. The van der Waals surface area contributed by atoms with Crippen LogP contribution in [0.1, 0.15) is 0 Å². The molecule has 5 heteroatoms. The number of aromatic nitrogens is 2. The second kappa shape index (κ2) is 11.4. The number of hydrogen-bond acceptors (Lipinski definition) is 3. The highest BCUT2D eigenvalue weighted by Gasteiger charge is 2.23. The third-order valence-corrected chi connectivity index (χ3v) is 11.7. The molecule has 266 valence electrons. The zero-order valence-corrected chi connectivity index (χ0v) is 30.4. The molecule has 0 radical (unpaired) electrons. The molecular weight excluding hydrogens is 701 g/mol. The molecule has 57 heavy (non-hydrogen) atoms. The molecule has 0 amide bonds. The minimum atomic E-state index is 0.838. The van der Waals surface area contributed by atoms with Gasteiger partial charge < -0.3 is 22.4 Å². The fraction of sp³-hybridized carbons (Fsp3) is 0. The Hall–Kier alpha value is -7.76. The van der Waals surface area contributed by atoms with Gasteiger partial charge in [0.25, 0.3) is 0 Å². The van der Waals surface area contributed by atoms with E-state index in [1.54, 1.807) is 0 Å². The summed E-state index contributed by atoms with van der Waals surface area (Å²) in [6.07, 6.45) is 0. The van der Waals surface area contributed by atoms with E-state index < -0.39 is 0 Å². The highest BCUT2D eigenvalue weighted by Crippen LogP contribution is 2.44. The Morgan fingerprint density at radius 3 is 1.40 bits per heavy atom. The van der Waals surface area contributed by atoms with Gasteiger partial charge in [0, 0.05) is 49.3 Å². The Kier molecular flexibility index (Phi) is 6.10. The van der Waals surface area contributed by atoms with Crippen LogP contribution < -0.4 is 0 Å². The van der Waals surface area contributed by atoms with E-state index in [4.69, 9.17) is 13.3 Å². The van der Waals surface area contributed by atoms with Gasteiger partial charge in [-0.2, -0.15) is 0 Å². The largest absolute Gasteiger partial charge is 0.456 e. The van der Waals surface area contributed by atoms with Gasteiger partial charge in [-0.1, -0.05) is 91.0 Å². The number of benzene rings is 8. The van der Waals surface area contributed by atoms with Crippen molar-refractivity contribution in [2.45, 2.75) is 0 Å². The molecule has 13 rings (SSSR count). The number of rotatable bonds is 4. The van der Waals surface area contributed by atoms with Crippen molar-refractivity contribution < 1.29 is 13.3 Å². The number of hydrogen-bond donors (Lipinski definition) is 0. The van der Waals surface area contributed by atoms with Crippen LogP contribution in [0.15, 0.2) is 195 Å². The summed E-state index contributed by atoms with van der Waals surface area (Å²) in [6.45, 7) is 0. The topological polar surface area (TPSA) is 49.3 Å². The van der Waals surface area contributed by atoms with Crippen LogP contribution in [0.3, 0.4) is 0 Å². The molecule has 0 unspecified atom stereocenters. The van der Waals surface area contributed by atoms with E-state index in [0.29, 0.717) is 0 Å². The summed E-state index contributed by atoms with van der Waals surface area (Å²) in [5.41, 5.74) is 16.0. The van der Waals surface area contributed by atoms with E-state index in [9.17, 15) is 0 Å². The van der Waals surface area contributed by atoms with Crippen LogP contribution >= 0.6 is 0 Å². The fourth-order valence-corrected chi connectivity index (χ4v) is 9.18. The molecule has 0 saturated heterocycles. The molecule has 0 saturated carbocycles. The first kappa shape index (κ1) is 30.6. The minimum Gasteiger partial charge on any atom is -0.456 e. The third-order valence-electron chi connectivity index (χ3n) is 11.7. The monoisotopic (exact) mass is 730 g/mol. The standard InChI is InChI=1S/C52H30N2O3/c1-3-12-34(13-4-1)53-43-20-9-7-16-39(43)51-48(53)41-27-23-32(29-47(41)56-51)31-22-25-37-38-26-24-33(30-46(38)55-45(37)28-31)36-18-11-19-42-49-52(57-50(36)42)40-17-8-10-21-44(40)54(49)35-14-5-2-6-15-35/h1-30H. The molecule has 0 aliphatic heterocycles. The van der Waals surface area contributed by atoms with Crippen LogP contribution in [-0.2, 0) is 0 Å². The molecule has 0 N–H and O–H groups in total.